The maximum atomic E-state index is 12.1. The third-order valence-electron chi connectivity index (χ3n) is 2.98. The fourth-order valence-electron chi connectivity index (χ4n) is 1.93. The lowest BCUT2D eigenvalue weighted by Crippen LogP contribution is -2.17. The summed E-state index contributed by atoms with van der Waals surface area (Å²) in [7, 11) is 0. The molecule has 2 heterocycles. The van der Waals surface area contributed by atoms with Gasteiger partial charge in [-0.2, -0.15) is 4.99 Å². The third-order valence-corrected chi connectivity index (χ3v) is 3.77. The van der Waals surface area contributed by atoms with Crippen molar-refractivity contribution in [3.8, 4) is 0 Å². The predicted octanol–water partition coefficient (Wildman–Crippen LogP) is 2.73. The van der Waals surface area contributed by atoms with Crippen LogP contribution in [0.4, 0.5) is 0 Å². The number of aromatic nitrogens is 2. The van der Waals surface area contributed by atoms with Gasteiger partial charge in [-0.3, -0.25) is 9.78 Å². The second-order valence-corrected chi connectivity index (χ2v) is 5.32. The van der Waals surface area contributed by atoms with Crippen LogP contribution in [0.2, 0.25) is 0 Å². The molecule has 5 heteroatoms. The minimum absolute atomic E-state index is 0.248. The van der Waals surface area contributed by atoms with E-state index in [2.05, 4.69) is 22.1 Å². The Bertz CT molecular complexity index is 791. The van der Waals surface area contributed by atoms with Crippen LogP contribution in [0.3, 0.4) is 0 Å². The second kappa shape index (κ2) is 6.28. The van der Waals surface area contributed by atoms with Crippen molar-refractivity contribution in [1.82, 2.24) is 9.55 Å². The molecule has 3 rings (SSSR count). The van der Waals surface area contributed by atoms with Crippen molar-refractivity contribution in [1.29, 1.82) is 0 Å². The molecule has 0 saturated carbocycles. The van der Waals surface area contributed by atoms with Crippen LogP contribution in [0.1, 0.15) is 15.9 Å². The Hall–Kier alpha value is -2.53. The lowest BCUT2D eigenvalue weighted by Gasteiger charge is -2.02. The van der Waals surface area contributed by atoms with E-state index in [1.165, 1.54) is 16.9 Å². The van der Waals surface area contributed by atoms with Crippen LogP contribution in [0.15, 0.2) is 71.4 Å². The minimum atomic E-state index is -0.248. The molecule has 0 atom stereocenters. The molecule has 0 aliphatic rings. The van der Waals surface area contributed by atoms with Gasteiger partial charge >= 0.3 is 0 Å². The largest absolute Gasteiger partial charge is 0.319 e. The fraction of sp³-hybridized carbons (Fsp3) is 0.0625. The van der Waals surface area contributed by atoms with Crippen molar-refractivity contribution in [2.45, 2.75) is 6.54 Å². The molecule has 0 N–H and O–H groups in total. The molecule has 0 aliphatic heterocycles. The van der Waals surface area contributed by atoms with Crippen LogP contribution < -0.4 is 4.80 Å². The first-order chi connectivity index (χ1) is 10.3. The van der Waals surface area contributed by atoms with E-state index < -0.39 is 0 Å². The van der Waals surface area contributed by atoms with E-state index in [1.807, 2.05) is 34.3 Å². The van der Waals surface area contributed by atoms with E-state index in [0.29, 0.717) is 16.9 Å². The normalized spacial score (nSPS) is 11.5. The van der Waals surface area contributed by atoms with E-state index in [4.69, 9.17) is 0 Å². The van der Waals surface area contributed by atoms with E-state index in [1.54, 1.807) is 24.5 Å². The number of pyridine rings is 1. The van der Waals surface area contributed by atoms with Gasteiger partial charge in [0.05, 0.1) is 0 Å². The molecule has 0 radical (unpaired) electrons. The molecular weight excluding hydrogens is 282 g/mol. The van der Waals surface area contributed by atoms with Gasteiger partial charge in [0.1, 0.15) is 0 Å². The molecule has 0 saturated heterocycles. The number of carbonyl (C=O) groups excluding carboxylic acids is 1. The number of rotatable bonds is 3. The maximum absolute atomic E-state index is 12.1. The summed E-state index contributed by atoms with van der Waals surface area (Å²) in [5.74, 6) is -0.248. The van der Waals surface area contributed by atoms with Gasteiger partial charge < -0.3 is 4.57 Å². The molecule has 21 heavy (non-hydrogen) atoms. The smallest absolute Gasteiger partial charge is 0.279 e. The summed E-state index contributed by atoms with van der Waals surface area (Å²) in [4.78, 5) is 20.9. The van der Waals surface area contributed by atoms with Crippen molar-refractivity contribution >= 4 is 17.2 Å². The number of carbonyl (C=O) groups is 1. The zero-order valence-electron chi connectivity index (χ0n) is 11.2. The summed E-state index contributed by atoms with van der Waals surface area (Å²) in [5.41, 5.74) is 1.72. The summed E-state index contributed by atoms with van der Waals surface area (Å²) in [6.45, 7) is 0.701. The Morgan fingerprint density at radius 3 is 2.67 bits per heavy atom. The molecule has 4 nitrogen and oxygen atoms in total. The highest BCUT2D eigenvalue weighted by molar-refractivity contribution is 7.07. The van der Waals surface area contributed by atoms with Gasteiger partial charge in [0.25, 0.3) is 5.91 Å². The monoisotopic (exact) mass is 295 g/mol. The second-order valence-electron chi connectivity index (χ2n) is 4.45. The van der Waals surface area contributed by atoms with Gasteiger partial charge in [-0.15, -0.1) is 11.3 Å². The summed E-state index contributed by atoms with van der Waals surface area (Å²) in [5, 5.41) is 1.93. The van der Waals surface area contributed by atoms with Crippen molar-refractivity contribution in [3.63, 3.8) is 0 Å². The molecule has 0 spiro atoms. The van der Waals surface area contributed by atoms with E-state index >= 15 is 0 Å². The van der Waals surface area contributed by atoms with Crippen molar-refractivity contribution in [2.75, 3.05) is 0 Å². The molecule has 104 valence electrons. The lowest BCUT2D eigenvalue weighted by atomic mass is 10.2. The van der Waals surface area contributed by atoms with Crippen LogP contribution in [-0.2, 0) is 6.54 Å². The Morgan fingerprint density at radius 2 is 1.90 bits per heavy atom. The third kappa shape index (κ3) is 3.32. The van der Waals surface area contributed by atoms with Gasteiger partial charge in [0.2, 0.25) is 0 Å². The number of hydrogen-bond donors (Lipinski definition) is 0. The van der Waals surface area contributed by atoms with Crippen LogP contribution in [0.5, 0.6) is 0 Å². The number of hydrogen-bond acceptors (Lipinski definition) is 3. The average Bonchev–Trinajstić information content (AvgIpc) is 2.96. The standard InChI is InChI=1S/C16H13N3OS/c20-15(14-6-8-17-9-7-14)18-16-19(10-11-21-16)12-13-4-2-1-3-5-13/h1-11H,12H2. The van der Waals surface area contributed by atoms with Gasteiger partial charge in [-0.25, -0.2) is 0 Å². The molecule has 2 aromatic heterocycles. The summed E-state index contributed by atoms with van der Waals surface area (Å²) < 4.78 is 1.97. The Labute approximate surface area is 126 Å². The molecule has 0 fully saturated rings. The van der Waals surface area contributed by atoms with Crippen LogP contribution in [0.25, 0.3) is 0 Å². The molecule has 0 bridgehead atoms. The molecule has 0 unspecified atom stereocenters. The maximum Gasteiger partial charge on any atom is 0.279 e. The van der Waals surface area contributed by atoms with Crippen molar-refractivity contribution in [3.05, 3.63) is 82.4 Å². The van der Waals surface area contributed by atoms with E-state index in [-0.39, 0.29) is 5.91 Å². The zero-order valence-corrected chi connectivity index (χ0v) is 12.0. The van der Waals surface area contributed by atoms with Gasteiger partial charge in [-0.05, 0) is 17.7 Å². The van der Waals surface area contributed by atoms with Gasteiger partial charge in [0.15, 0.2) is 4.80 Å². The van der Waals surface area contributed by atoms with Gasteiger partial charge in [0, 0.05) is 36.1 Å². The number of amides is 1. The number of thiazole rings is 1. The summed E-state index contributed by atoms with van der Waals surface area (Å²) in [6.07, 6.45) is 5.13. The minimum Gasteiger partial charge on any atom is -0.319 e. The van der Waals surface area contributed by atoms with Gasteiger partial charge in [-0.1, -0.05) is 30.3 Å². The Morgan fingerprint density at radius 1 is 1.14 bits per heavy atom. The van der Waals surface area contributed by atoms with Crippen molar-refractivity contribution < 1.29 is 4.79 Å². The van der Waals surface area contributed by atoms with Crippen molar-refractivity contribution in [2.24, 2.45) is 4.99 Å². The highest BCUT2D eigenvalue weighted by Gasteiger charge is 2.04. The SMILES string of the molecule is O=C(N=c1sccn1Cc1ccccc1)c1ccncc1. The Balaban J connectivity index is 1.89. The number of benzene rings is 1. The molecule has 1 aromatic carbocycles. The quantitative estimate of drug-likeness (QED) is 0.746. The van der Waals surface area contributed by atoms with Crippen LogP contribution >= 0.6 is 11.3 Å². The topological polar surface area (TPSA) is 47.2 Å². The summed E-state index contributed by atoms with van der Waals surface area (Å²) in [6, 6.07) is 13.4. The van der Waals surface area contributed by atoms with E-state index in [0.717, 1.165) is 0 Å². The molecular formula is C16H13N3OS. The Kier molecular flexibility index (Phi) is 4.02. The first kappa shape index (κ1) is 13.5. The molecule has 1 amide bonds. The van der Waals surface area contributed by atoms with Crippen LogP contribution in [0, 0.1) is 0 Å². The first-order valence-electron chi connectivity index (χ1n) is 6.50. The van der Waals surface area contributed by atoms with Crippen LogP contribution in [-0.4, -0.2) is 15.5 Å². The number of nitrogens with zero attached hydrogens (tertiary/aromatic N) is 3. The van der Waals surface area contributed by atoms with E-state index in [9.17, 15) is 4.79 Å². The summed E-state index contributed by atoms with van der Waals surface area (Å²) >= 11 is 1.45. The fourth-order valence-corrected chi connectivity index (χ4v) is 2.66. The highest BCUT2D eigenvalue weighted by atomic mass is 32.1. The molecule has 3 aromatic rings. The first-order valence-corrected chi connectivity index (χ1v) is 7.38. The molecule has 0 aliphatic carbocycles. The highest BCUT2D eigenvalue weighted by Crippen LogP contribution is 2.03. The lowest BCUT2D eigenvalue weighted by molar-refractivity contribution is 0.0997. The average molecular weight is 295 g/mol. The zero-order chi connectivity index (χ0) is 14.5. The predicted molar refractivity (Wildman–Crippen MR) is 82.0 cm³/mol.